The van der Waals surface area contributed by atoms with Crippen molar-refractivity contribution in [3.05, 3.63) is 42.1 Å². The number of methoxy groups -OCH3 is 1. The van der Waals surface area contributed by atoms with Crippen molar-refractivity contribution in [2.75, 3.05) is 50.5 Å². The van der Waals surface area contributed by atoms with Crippen molar-refractivity contribution in [3.8, 4) is 5.75 Å². The Balaban J connectivity index is 0.000000809. The van der Waals surface area contributed by atoms with E-state index in [1.54, 1.807) is 0 Å². The largest absolute Gasteiger partial charge is 0.497 e. The van der Waals surface area contributed by atoms with E-state index in [9.17, 15) is 31.5 Å². The maximum atomic E-state index is 12.6. The molecule has 0 amide bonds. The second kappa shape index (κ2) is 12.9. The van der Waals surface area contributed by atoms with Crippen molar-refractivity contribution in [3.63, 3.8) is 0 Å². The van der Waals surface area contributed by atoms with E-state index < -0.39 is 28.1 Å². The molecule has 0 radical (unpaired) electrons. The van der Waals surface area contributed by atoms with Gasteiger partial charge in [0.2, 0.25) is 0 Å². The van der Waals surface area contributed by atoms with Crippen LogP contribution in [0.2, 0.25) is 0 Å². The minimum absolute atomic E-state index is 0.0282. The van der Waals surface area contributed by atoms with Gasteiger partial charge in [-0.25, -0.2) is 23.0 Å². The molecule has 0 spiro atoms. The lowest BCUT2D eigenvalue weighted by Gasteiger charge is -2.25. The molecular weight excluding hydrogens is 509 g/mol. The quantitative estimate of drug-likeness (QED) is 0.414. The summed E-state index contributed by atoms with van der Waals surface area (Å²) in [6.45, 7) is 3.79. The Morgan fingerprint density at radius 3 is 2.08 bits per heavy atom. The van der Waals surface area contributed by atoms with Crippen LogP contribution in [-0.2, 0) is 14.8 Å². The van der Waals surface area contributed by atoms with Gasteiger partial charge < -0.3 is 24.7 Å². The number of nitrogens with zero attached hydrogens (tertiary/aromatic N) is 3. The van der Waals surface area contributed by atoms with Crippen LogP contribution in [-0.4, -0.2) is 87.5 Å². The smallest absolute Gasteiger partial charge is 0.490 e. The van der Waals surface area contributed by atoms with Gasteiger partial charge in [-0.3, -0.25) is 4.72 Å². The number of nitrogens with one attached hydrogen (secondary N) is 1. The summed E-state index contributed by atoms with van der Waals surface area (Å²) in [6, 6.07) is 7.15. The zero-order chi connectivity index (χ0) is 27.7. The number of hydrogen-bond acceptors (Lipinski definition) is 8. The van der Waals surface area contributed by atoms with Crippen molar-refractivity contribution in [2.45, 2.75) is 18.0 Å². The summed E-state index contributed by atoms with van der Waals surface area (Å²) in [5.74, 6) is -3.11. The maximum Gasteiger partial charge on any atom is 0.490 e. The molecule has 1 aromatic carbocycles. The fourth-order valence-electron chi connectivity index (χ4n) is 2.63. The molecular formula is C21H27F3N4O7S. The molecule has 15 heteroatoms. The van der Waals surface area contributed by atoms with Crippen molar-refractivity contribution >= 4 is 33.5 Å². The number of rotatable bonds is 10. The molecule has 0 fully saturated rings. The standard InChI is InChI=1S/C19H26N4O5S.C2HF3O2/c1-5-23(11-10-22(2)3)18-17(19(24)25)12-14(13-20-18)21-29(26,27)16-8-6-15(28-4)7-9-16;3-2(4,5)1(6)7/h6-9,12-13,21H,5,10-11H2,1-4H3,(H,24,25);(H,6,7). The molecule has 0 saturated heterocycles. The van der Waals surface area contributed by atoms with Crippen LogP contribution in [0.1, 0.15) is 17.3 Å². The molecule has 0 aliphatic heterocycles. The number of aromatic carboxylic acids is 1. The first-order valence-electron chi connectivity index (χ1n) is 10.2. The predicted octanol–water partition coefficient (Wildman–Crippen LogP) is 2.61. The number of aliphatic carboxylic acids is 1. The van der Waals surface area contributed by atoms with Crippen molar-refractivity contribution in [2.24, 2.45) is 0 Å². The van der Waals surface area contributed by atoms with Gasteiger partial charge in [0.05, 0.1) is 23.9 Å². The summed E-state index contributed by atoms with van der Waals surface area (Å²) in [7, 11) is 1.44. The van der Waals surface area contributed by atoms with Crippen molar-refractivity contribution < 1.29 is 46.1 Å². The molecule has 1 heterocycles. The van der Waals surface area contributed by atoms with Gasteiger partial charge in [-0.2, -0.15) is 13.2 Å². The van der Waals surface area contributed by atoms with Gasteiger partial charge in [-0.1, -0.05) is 0 Å². The number of halogens is 3. The number of carbonyl (C=O) groups is 2. The summed E-state index contributed by atoms with van der Waals surface area (Å²) in [6.07, 6.45) is -3.76. The van der Waals surface area contributed by atoms with E-state index in [-0.39, 0.29) is 16.1 Å². The lowest BCUT2D eigenvalue weighted by Crippen LogP contribution is -2.33. The number of anilines is 2. The molecule has 0 atom stereocenters. The van der Waals surface area contributed by atoms with Crippen LogP contribution in [0.3, 0.4) is 0 Å². The second-order valence-corrected chi connectivity index (χ2v) is 9.05. The van der Waals surface area contributed by atoms with Crippen LogP contribution in [0.5, 0.6) is 5.75 Å². The predicted molar refractivity (Wildman–Crippen MR) is 125 cm³/mol. The minimum Gasteiger partial charge on any atom is -0.497 e. The average molecular weight is 537 g/mol. The summed E-state index contributed by atoms with van der Waals surface area (Å²) >= 11 is 0. The molecule has 0 saturated carbocycles. The van der Waals surface area contributed by atoms with E-state index in [4.69, 9.17) is 14.6 Å². The molecule has 0 aliphatic rings. The molecule has 200 valence electrons. The van der Waals surface area contributed by atoms with E-state index >= 15 is 0 Å². The Labute approximate surface area is 206 Å². The van der Waals surface area contributed by atoms with E-state index in [1.807, 2.05) is 30.8 Å². The lowest BCUT2D eigenvalue weighted by atomic mass is 10.2. The molecule has 3 N–H and O–H groups in total. The van der Waals surface area contributed by atoms with Gasteiger partial charge in [0, 0.05) is 19.6 Å². The Hall–Kier alpha value is -3.59. The first-order valence-corrected chi connectivity index (χ1v) is 11.7. The highest BCUT2D eigenvalue weighted by molar-refractivity contribution is 7.92. The highest BCUT2D eigenvalue weighted by Gasteiger charge is 2.38. The Kier molecular flexibility index (Phi) is 10.9. The summed E-state index contributed by atoms with van der Waals surface area (Å²) in [5.41, 5.74) is 0.00571. The topological polar surface area (TPSA) is 149 Å². The average Bonchev–Trinajstić information content (AvgIpc) is 2.79. The van der Waals surface area contributed by atoms with E-state index in [0.717, 1.165) is 6.54 Å². The van der Waals surface area contributed by atoms with Crippen molar-refractivity contribution in [1.29, 1.82) is 0 Å². The third-order valence-electron chi connectivity index (χ3n) is 4.46. The van der Waals surface area contributed by atoms with Gasteiger partial charge in [-0.05, 0) is 51.4 Å². The molecule has 36 heavy (non-hydrogen) atoms. The van der Waals surface area contributed by atoms with Crippen molar-refractivity contribution in [1.82, 2.24) is 9.88 Å². The van der Waals surface area contributed by atoms with Gasteiger partial charge in [0.15, 0.2) is 0 Å². The SMILES string of the molecule is CCN(CCN(C)C)c1ncc(NS(=O)(=O)c2ccc(OC)cc2)cc1C(=O)O.O=C(O)C(F)(F)F. The van der Waals surface area contributed by atoms with Crippen LogP contribution in [0.4, 0.5) is 24.7 Å². The Morgan fingerprint density at radius 2 is 1.67 bits per heavy atom. The summed E-state index contributed by atoms with van der Waals surface area (Å²) < 4.78 is 64.3. The molecule has 1 aromatic heterocycles. The molecule has 2 aromatic rings. The number of hydrogen-bond donors (Lipinski definition) is 3. The van der Waals surface area contributed by atoms with E-state index in [0.29, 0.717) is 24.7 Å². The third-order valence-corrected chi connectivity index (χ3v) is 5.86. The number of likely N-dealkylation sites (N-methyl/N-ethyl adjacent to an activating group) is 2. The van der Waals surface area contributed by atoms with E-state index in [1.165, 1.54) is 43.6 Å². The number of carboxylic acids is 2. The van der Waals surface area contributed by atoms with Gasteiger partial charge in [-0.15, -0.1) is 0 Å². The fourth-order valence-corrected chi connectivity index (χ4v) is 3.66. The van der Waals surface area contributed by atoms with Gasteiger partial charge in [0.25, 0.3) is 10.0 Å². The maximum absolute atomic E-state index is 12.6. The zero-order valence-corrected chi connectivity index (χ0v) is 20.7. The summed E-state index contributed by atoms with van der Waals surface area (Å²) in [4.78, 5) is 28.8. The molecule has 0 aliphatic carbocycles. The number of ether oxygens (including phenoxy) is 1. The van der Waals surface area contributed by atoms with Crippen LogP contribution < -0.4 is 14.4 Å². The van der Waals surface area contributed by atoms with Gasteiger partial charge in [0.1, 0.15) is 17.1 Å². The number of aromatic nitrogens is 1. The molecule has 11 nitrogen and oxygen atoms in total. The number of carboxylic acid groups (broad SMARTS) is 2. The normalized spacial score (nSPS) is 11.3. The second-order valence-electron chi connectivity index (χ2n) is 7.37. The minimum atomic E-state index is -5.08. The molecule has 0 unspecified atom stereocenters. The molecule has 0 bridgehead atoms. The number of sulfonamides is 1. The first-order chi connectivity index (χ1) is 16.6. The lowest BCUT2D eigenvalue weighted by molar-refractivity contribution is -0.192. The summed E-state index contributed by atoms with van der Waals surface area (Å²) in [5, 5.41) is 16.7. The number of alkyl halides is 3. The highest BCUT2D eigenvalue weighted by atomic mass is 32.2. The molecule has 2 rings (SSSR count). The Bertz CT molecular complexity index is 1140. The van der Waals surface area contributed by atoms with Crippen LogP contribution in [0.15, 0.2) is 41.4 Å². The fraction of sp³-hybridized carbons (Fsp3) is 0.381. The highest BCUT2D eigenvalue weighted by Crippen LogP contribution is 2.24. The van der Waals surface area contributed by atoms with Gasteiger partial charge >= 0.3 is 18.1 Å². The van der Waals surface area contributed by atoms with Crippen LogP contribution in [0, 0.1) is 0 Å². The Morgan fingerprint density at radius 1 is 1.11 bits per heavy atom. The van der Waals surface area contributed by atoms with Crippen LogP contribution in [0.25, 0.3) is 0 Å². The monoisotopic (exact) mass is 536 g/mol. The zero-order valence-electron chi connectivity index (χ0n) is 19.9. The van der Waals surface area contributed by atoms with E-state index in [2.05, 4.69) is 9.71 Å². The number of pyridine rings is 1. The van der Waals surface area contributed by atoms with Crippen LogP contribution >= 0.6 is 0 Å². The first kappa shape index (κ1) is 30.4. The number of benzene rings is 1. The third kappa shape index (κ3) is 9.22.